The second-order valence-electron chi connectivity index (χ2n) is 5.03. The van der Waals surface area contributed by atoms with Gasteiger partial charge in [0.2, 0.25) is 0 Å². The number of hydrogen-bond donors (Lipinski definition) is 1. The fourth-order valence-corrected chi connectivity index (χ4v) is 2.31. The van der Waals surface area contributed by atoms with E-state index in [1.54, 1.807) is 12.1 Å². The van der Waals surface area contributed by atoms with Crippen LogP contribution in [0.4, 0.5) is 18.9 Å². The summed E-state index contributed by atoms with van der Waals surface area (Å²) in [6.07, 6.45) is -3.23. The van der Waals surface area contributed by atoms with Crippen LogP contribution in [0.1, 0.15) is 11.1 Å². The third-order valence-corrected chi connectivity index (χ3v) is 3.45. The van der Waals surface area contributed by atoms with Crippen LogP contribution in [-0.2, 0) is 6.18 Å². The molecule has 3 aromatic rings. The Hall–Kier alpha value is -2.82. The molecule has 0 bridgehead atoms. The van der Waals surface area contributed by atoms with Gasteiger partial charge in [-0.3, -0.25) is 4.99 Å². The van der Waals surface area contributed by atoms with Crippen LogP contribution in [0.25, 0.3) is 10.8 Å². The van der Waals surface area contributed by atoms with Crippen molar-refractivity contribution in [3.63, 3.8) is 0 Å². The van der Waals surface area contributed by atoms with Gasteiger partial charge in [-0.1, -0.05) is 36.4 Å². The summed E-state index contributed by atoms with van der Waals surface area (Å²) in [6.45, 7) is 0. The molecule has 23 heavy (non-hydrogen) atoms. The summed E-state index contributed by atoms with van der Waals surface area (Å²) in [5, 5.41) is 11.7. The molecule has 0 heterocycles. The zero-order valence-corrected chi connectivity index (χ0v) is 11.9. The molecule has 0 saturated heterocycles. The van der Waals surface area contributed by atoms with Gasteiger partial charge in [-0.05, 0) is 35.0 Å². The van der Waals surface area contributed by atoms with Crippen molar-refractivity contribution < 1.29 is 18.3 Å². The molecule has 5 heteroatoms. The Balaban J connectivity index is 2.03. The second kappa shape index (κ2) is 5.76. The maximum atomic E-state index is 12.9. The highest BCUT2D eigenvalue weighted by Gasteiger charge is 2.32. The Morgan fingerprint density at radius 2 is 1.48 bits per heavy atom. The number of aliphatic imine (C=N–C) groups is 1. The fraction of sp³-hybridized carbons (Fsp3) is 0.0556. The summed E-state index contributed by atoms with van der Waals surface area (Å²) in [7, 11) is 0. The molecule has 0 fully saturated rings. The number of nitrogens with zero attached hydrogens (tertiary/aromatic N) is 1. The van der Waals surface area contributed by atoms with E-state index >= 15 is 0 Å². The van der Waals surface area contributed by atoms with E-state index in [4.69, 9.17) is 0 Å². The number of halogens is 3. The predicted octanol–water partition coefficient (Wildman–Crippen LogP) is 5.31. The molecule has 0 saturated carbocycles. The fourth-order valence-electron chi connectivity index (χ4n) is 2.31. The Morgan fingerprint density at radius 1 is 0.870 bits per heavy atom. The topological polar surface area (TPSA) is 32.6 Å². The molecule has 0 aromatic heterocycles. The first-order valence-electron chi connectivity index (χ1n) is 6.87. The molecule has 0 amide bonds. The molecule has 2 nitrogen and oxygen atoms in total. The molecule has 116 valence electrons. The molecular formula is C18H12F3NO. The monoisotopic (exact) mass is 315 g/mol. The van der Waals surface area contributed by atoms with Crippen molar-refractivity contribution in [1.29, 1.82) is 0 Å². The summed E-state index contributed by atoms with van der Waals surface area (Å²) in [6, 6.07) is 15.7. The third kappa shape index (κ3) is 3.18. The molecule has 0 spiro atoms. The molecule has 3 aromatic carbocycles. The summed E-state index contributed by atoms with van der Waals surface area (Å²) in [5.41, 5.74) is -0.634. The average molecular weight is 315 g/mol. The molecule has 0 atom stereocenters. The highest BCUT2D eigenvalue weighted by molar-refractivity contribution is 5.94. The maximum absolute atomic E-state index is 12.9. The number of rotatable bonds is 2. The van der Waals surface area contributed by atoms with Gasteiger partial charge in [-0.25, -0.2) is 0 Å². The number of phenolic OH excluding ortho intramolecular Hbond substituents is 1. The lowest BCUT2D eigenvalue weighted by Crippen LogP contribution is -2.04. The predicted molar refractivity (Wildman–Crippen MR) is 84.3 cm³/mol. The van der Waals surface area contributed by atoms with Gasteiger partial charge < -0.3 is 5.11 Å². The Labute approximate surface area is 130 Å². The van der Waals surface area contributed by atoms with Crippen LogP contribution in [0.3, 0.4) is 0 Å². The minimum Gasteiger partial charge on any atom is -0.507 e. The Kier molecular flexibility index (Phi) is 3.78. The van der Waals surface area contributed by atoms with Crippen molar-refractivity contribution >= 4 is 22.7 Å². The molecule has 3 rings (SSSR count). The molecular weight excluding hydrogens is 303 g/mol. The molecule has 0 aliphatic carbocycles. The van der Waals surface area contributed by atoms with Crippen LogP contribution in [0.5, 0.6) is 5.75 Å². The number of para-hydroxylation sites is 1. The van der Waals surface area contributed by atoms with Crippen molar-refractivity contribution in [3.8, 4) is 5.75 Å². The van der Waals surface area contributed by atoms with Crippen molar-refractivity contribution in [2.45, 2.75) is 6.18 Å². The minimum atomic E-state index is -4.47. The van der Waals surface area contributed by atoms with E-state index in [-0.39, 0.29) is 11.4 Å². The normalized spacial score (nSPS) is 12.1. The lowest BCUT2D eigenvalue weighted by atomic mass is 10.1. The quantitative estimate of drug-likeness (QED) is 0.638. The SMILES string of the molecule is Oc1cc2ccccc2cc1C=Nc1ccccc1C(F)(F)F. The number of fused-ring (bicyclic) bond motifs is 1. The van der Waals surface area contributed by atoms with E-state index in [0.717, 1.165) is 16.8 Å². The Morgan fingerprint density at radius 3 is 2.17 bits per heavy atom. The molecule has 0 radical (unpaired) electrons. The van der Waals surface area contributed by atoms with Gasteiger partial charge in [0.25, 0.3) is 0 Å². The molecule has 0 unspecified atom stereocenters. The average Bonchev–Trinajstić information content (AvgIpc) is 2.52. The van der Waals surface area contributed by atoms with Crippen LogP contribution in [0.15, 0.2) is 65.7 Å². The summed E-state index contributed by atoms with van der Waals surface area (Å²) >= 11 is 0. The molecule has 1 N–H and O–H groups in total. The first-order chi connectivity index (χ1) is 10.9. The summed E-state index contributed by atoms with van der Waals surface area (Å²) in [4.78, 5) is 3.91. The van der Waals surface area contributed by atoms with Crippen molar-refractivity contribution in [2.24, 2.45) is 4.99 Å². The largest absolute Gasteiger partial charge is 0.507 e. The highest BCUT2D eigenvalue weighted by Crippen LogP contribution is 2.36. The van der Waals surface area contributed by atoms with Gasteiger partial charge in [-0.2, -0.15) is 13.2 Å². The molecule has 0 aliphatic rings. The maximum Gasteiger partial charge on any atom is 0.418 e. The first kappa shape index (κ1) is 15.1. The summed E-state index contributed by atoms with van der Waals surface area (Å²) in [5.74, 6) is -0.0306. The standard InChI is InChI=1S/C18H12F3NO/c19-18(20,21)15-7-3-4-8-16(15)22-11-14-9-12-5-1-2-6-13(12)10-17(14)23/h1-11,23H. The van der Waals surface area contributed by atoms with Gasteiger partial charge in [0, 0.05) is 11.8 Å². The van der Waals surface area contributed by atoms with Crippen LogP contribution in [0, 0.1) is 0 Å². The number of alkyl halides is 3. The van der Waals surface area contributed by atoms with Crippen LogP contribution >= 0.6 is 0 Å². The van der Waals surface area contributed by atoms with E-state index in [2.05, 4.69) is 4.99 Å². The number of hydrogen-bond acceptors (Lipinski definition) is 2. The second-order valence-corrected chi connectivity index (χ2v) is 5.03. The van der Waals surface area contributed by atoms with E-state index in [1.165, 1.54) is 24.4 Å². The zero-order valence-electron chi connectivity index (χ0n) is 11.9. The van der Waals surface area contributed by atoms with Crippen LogP contribution in [-0.4, -0.2) is 11.3 Å². The Bertz CT molecular complexity index is 885. The smallest absolute Gasteiger partial charge is 0.418 e. The van der Waals surface area contributed by atoms with E-state index < -0.39 is 11.7 Å². The minimum absolute atomic E-state index is 0.0306. The van der Waals surface area contributed by atoms with Crippen LogP contribution < -0.4 is 0 Å². The van der Waals surface area contributed by atoms with Gasteiger partial charge in [-0.15, -0.1) is 0 Å². The zero-order chi connectivity index (χ0) is 16.4. The van der Waals surface area contributed by atoms with E-state index in [0.29, 0.717) is 5.56 Å². The van der Waals surface area contributed by atoms with Gasteiger partial charge in [0.1, 0.15) is 5.75 Å². The van der Waals surface area contributed by atoms with Crippen molar-refractivity contribution in [1.82, 2.24) is 0 Å². The van der Waals surface area contributed by atoms with E-state index in [9.17, 15) is 18.3 Å². The summed E-state index contributed by atoms with van der Waals surface area (Å²) < 4.78 is 38.8. The third-order valence-electron chi connectivity index (χ3n) is 3.45. The van der Waals surface area contributed by atoms with Crippen molar-refractivity contribution in [2.75, 3.05) is 0 Å². The number of aromatic hydroxyl groups is 1. The van der Waals surface area contributed by atoms with E-state index in [1.807, 2.05) is 24.3 Å². The molecule has 0 aliphatic heterocycles. The van der Waals surface area contributed by atoms with Gasteiger partial charge in [0.05, 0.1) is 11.3 Å². The van der Waals surface area contributed by atoms with Gasteiger partial charge >= 0.3 is 6.18 Å². The first-order valence-corrected chi connectivity index (χ1v) is 6.87. The van der Waals surface area contributed by atoms with Crippen LogP contribution in [0.2, 0.25) is 0 Å². The van der Waals surface area contributed by atoms with Crippen molar-refractivity contribution in [3.05, 3.63) is 71.8 Å². The number of benzene rings is 3. The number of phenols is 1. The van der Waals surface area contributed by atoms with Gasteiger partial charge in [0.15, 0.2) is 0 Å². The highest BCUT2D eigenvalue weighted by atomic mass is 19.4. The lowest BCUT2D eigenvalue weighted by molar-refractivity contribution is -0.137. The lowest BCUT2D eigenvalue weighted by Gasteiger charge is -2.09.